The summed E-state index contributed by atoms with van der Waals surface area (Å²) in [6.07, 6.45) is 7.12. The van der Waals surface area contributed by atoms with Gasteiger partial charge in [-0.05, 0) is 56.2 Å². The lowest BCUT2D eigenvalue weighted by Gasteiger charge is -2.27. The van der Waals surface area contributed by atoms with Crippen molar-refractivity contribution in [1.82, 2.24) is 0 Å². The van der Waals surface area contributed by atoms with Gasteiger partial charge in [0.25, 0.3) is 0 Å². The molecule has 110 valence electrons. The molecule has 0 bridgehead atoms. The lowest BCUT2D eigenvalue weighted by atomic mass is 9.86. The third-order valence-electron chi connectivity index (χ3n) is 4.22. The first-order valence-corrected chi connectivity index (χ1v) is 7.77. The maximum Gasteiger partial charge on any atom is 0.306 e. The summed E-state index contributed by atoms with van der Waals surface area (Å²) >= 11 is 0. The van der Waals surface area contributed by atoms with Gasteiger partial charge in [0.15, 0.2) is 0 Å². The second kappa shape index (κ2) is 7.32. The molecule has 0 saturated heterocycles. The van der Waals surface area contributed by atoms with E-state index in [1.54, 1.807) is 0 Å². The van der Waals surface area contributed by atoms with Crippen LogP contribution in [-0.2, 0) is 11.2 Å². The number of unbranched alkanes of at least 4 members (excludes halogenated alkanes) is 1. The highest BCUT2D eigenvalue weighted by molar-refractivity contribution is 5.70. The van der Waals surface area contributed by atoms with Crippen molar-refractivity contribution in [2.24, 2.45) is 5.92 Å². The van der Waals surface area contributed by atoms with Gasteiger partial charge >= 0.3 is 5.97 Å². The van der Waals surface area contributed by atoms with Gasteiger partial charge < -0.3 is 10.4 Å². The van der Waals surface area contributed by atoms with Crippen LogP contribution in [0.1, 0.15) is 51.0 Å². The predicted octanol–water partition coefficient (Wildman–Crippen LogP) is 4.08. The maximum atomic E-state index is 10.9. The summed E-state index contributed by atoms with van der Waals surface area (Å²) in [6, 6.07) is 9.11. The van der Waals surface area contributed by atoms with Gasteiger partial charge in [-0.25, -0.2) is 0 Å². The SMILES string of the molecule is CCCCc1ccc(NC2CCC(C(=O)O)CC2)cc1. The summed E-state index contributed by atoms with van der Waals surface area (Å²) in [4.78, 5) is 10.9. The summed E-state index contributed by atoms with van der Waals surface area (Å²) in [5.41, 5.74) is 2.55. The third-order valence-corrected chi connectivity index (χ3v) is 4.22. The van der Waals surface area contributed by atoms with Gasteiger partial charge in [0.2, 0.25) is 0 Å². The van der Waals surface area contributed by atoms with Gasteiger partial charge in [0.05, 0.1) is 5.92 Å². The monoisotopic (exact) mass is 275 g/mol. The molecule has 1 aromatic carbocycles. The largest absolute Gasteiger partial charge is 0.481 e. The van der Waals surface area contributed by atoms with Crippen LogP contribution in [0.25, 0.3) is 0 Å². The highest BCUT2D eigenvalue weighted by Gasteiger charge is 2.25. The molecule has 1 aliphatic rings. The van der Waals surface area contributed by atoms with Crippen molar-refractivity contribution in [2.45, 2.75) is 57.9 Å². The van der Waals surface area contributed by atoms with Gasteiger partial charge in [0.1, 0.15) is 0 Å². The van der Waals surface area contributed by atoms with E-state index in [2.05, 4.69) is 36.5 Å². The van der Waals surface area contributed by atoms with Crippen molar-refractivity contribution < 1.29 is 9.90 Å². The third kappa shape index (κ3) is 4.26. The van der Waals surface area contributed by atoms with Crippen molar-refractivity contribution in [3.63, 3.8) is 0 Å². The van der Waals surface area contributed by atoms with E-state index >= 15 is 0 Å². The molecule has 0 amide bonds. The van der Waals surface area contributed by atoms with E-state index < -0.39 is 5.97 Å². The van der Waals surface area contributed by atoms with Gasteiger partial charge in [-0.1, -0.05) is 25.5 Å². The fourth-order valence-electron chi connectivity index (χ4n) is 2.87. The predicted molar refractivity (Wildman–Crippen MR) is 82.1 cm³/mol. The summed E-state index contributed by atoms with van der Waals surface area (Å²) in [5.74, 6) is -0.770. The Kier molecular flexibility index (Phi) is 5.45. The smallest absolute Gasteiger partial charge is 0.306 e. The minimum Gasteiger partial charge on any atom is -0.481 e. The number of nitrogens with one attached hydrogen (secondary N) is 1. The van der Waals surface area contributed by atoms with Crippen LogP contribution in [0.2, 0.25) is 0 Å². The zero-order valence-electron chi connectivity index (χ0n) is 12.3. The number of carbonyl (C=O) groups is 1. The van der Waals surface area contributed by atoms with E-state index in [4.69, 9.17) is 5.11 Å². The minimum absolute atomic E-state index is 0.135. The minimum atomic E-state index is -0.635. The number of hydrogen-bond acceptors (Lipinski definition) is 2. The molecule has 0 atom stereocenters. The Hall–Kier alpha value is -1.51. The van der Waals surface area contributed by atoms with Crippen LogP contribution in [0.15, 0.2) is 24.3 Å². The van der Waals surface area contributed by atoms with E-state index in [-0.39, 0.29) is 5.92 Å². The van der Waals surface area contributed by atoms with E-state index in [1.807, 2.05) is 0 Å². The van der Waals surface area contributed by atoms with Crippen LogP contribution in [0.4, 0.5) is 5.69 Å². The molecule has 1 fully saturated rings. The topological polar surface area (TPSA) is 49.3 Å². The van der Waals surface area contributed by atoms with Crippen molar-refractivity contribution in [2.75, 3.05) is 5.32 Å². The summed E-state index contributed by atoms with van der Waals surface area (Å²) in [5, 5.41) is 12.5. The number of anilines is 1. The van der Waals surface area contributed by atoms with Crippen LogP contribution in [-0.4, -0.2) is 17.1 Å². The average Bonchev–Trinajstić information content (AvgIpc) is 2.47. The average molecular weight is 275 g/mol. The van der Waals surface area contributed by atoms with Crippen LogP contribution in [0.3, 0.4) is 0 Å². The highest BCUT2D eigenvalue weighted by Crippen LogP contribution is 2.26. The molecular formula is C17H25NO2. The Morgan fingerprint density at radius 2 is 1.85 bits per heavy atom. The molecule has 0 unspecified atom stereocenters. The molecule has 3 heteroatoms. The zero-order valence-corrected chi connectivity index (χ0v) is 12.3. The van der Waals surface area contributed by atoms with Crippen molar-refractivity contribution in [3.8, 4) is 0 Å². The molecule has 2 rings (SSSR count). The first kappa shape index (κ1) is 14.9. The Bertz CT molecular complexity index is 419. The number of rotatable bonds is 6. The Balaban J connectivity index is 1.80. The zero-order chi connectivity index (χ0) is 14.4. The Labute approximate surface area is 121 Å². The molecule has 20 heavy (non-hydrogen) atoms. The summed E-state index contributed by atoms with van der Waals surface area (Å²) in [6.45, 7) is 2.21. The standard InChI is InChI=1S/C17H25NO2/c1-2-3-4-13-5-9-15(10-6-13)18-16-11-7-14(8-12-16)17(19)20/h5-6,9-10,14,16,18H,2-4,7-8,11-12H2,1H3,(H,19,20). The molecule has 0 spiro atoms. The highest BCUT2D eigenvalue weighted by atomic mass is 16.4. The molecule has 3 nitrogen and oxygen atoms in total. The number of carboxylic acid groups (broad SMARTS) is 1. The molecule has 1 saturated carbocycles. The van der Waals surface area contributed by atoms with Crippen LogP contribution < -0.4 is 5.32 Å². The number of aliphatic carboxylic acids is 1. The molecule has 1 aromatic rings. The molecule has 2 N–H and O–H groups in total. The quantitative estimate of drug-likeness (QED) is 0.822. The van der Waals surface area contributed by atoms with Crippen LogP contribution >= 0.6 is 0 Å². The summed E-state index contributed by atoms with van der Waals surface area (Å²) < 4.78 is 0. The van der Waals surface area contributed by atoms with E-state index in [1.165, 1.54) is 18.4 Å². The number of carboxylic acids is 1. The lowest BCUT2D eigenvalue weighted by molar-refractivity contribution is -0.142. The fraction of sp³-hybridized carbons (Fsp3) is 0.588. The van der Waals surface area contributed by atoms with Gasteiger partial charge in [-0.3, -0.25) is 4.79 Å². The van der Waals surface area contributed by atoms with Gasteiger partial charge in [-0.15, -0.1) is 0 Å². The lowest BCUT2D eigenvalue weighted by Crippen LogP contribution is -2.29. The van der Waals surface area contributed by atoms with Crippen molar-refractivity contribution in [3.05, 3.63) is 29.8 Å². The van der Waals surface area contributed by atoms with Gasteiger partial charge in [-0.2, -0.15) is 0 Å². The van der Waals surface area contributed by atoms with Crippen molar-refractivity contribution in [1.29, 1.82) is 0 Å². The molecule has 0 radical (unpaired) electrons. The molecule has 1 aliphatic carbocycles. The maximum absolute atomic E-state index is 10.9. The normalized spacial score (nSPS) is 22.4. The van der Waals surface area contributed by atoms with E-state index in [0.29, 0.717) is 6.04 Å². The molecular weight excluding hydrogens is 250 g/mol. The second-order valence-electron chi connectivity index (χ2n) is 5.83. The first-order valence-electron chi connectivity index (χ1n) is 7.77. The number of aryl methyl sites for hydroxylation is 1. The Morgan fingerprint density at radius 1 is 1.20 bits per heavy atom. The second-order valence-corrected chi connectivity index (χ2v) is 5.83. The van der Waals surface area contributed by atoms with Crippen LogP contribution in [0.5, 0.6) is 0 Å². The molecule has 0 heterocycles. The van der Waals surface area contributed by atoms with E-state index in [0.717, 1.165) is 37.8 Å². The first-order chi connectivity index (χ1) is 9.69. The van der Waals surface area contributed by atoms with Crippen molar-refractivity contribution >= 4 is 11.7 Å². The number of hydrogen-bond donors (Lipinski definition) is 2. The molecule has 0 aromatic heterocycles. The summed E-state index contributed by atoms with van der Waals surface area (Å²) in [7, 11) is 0. The number of benzene rings is 1. The van der Waals surface area contributed by atoms with Crippen LogP contribution in [0, 0.1) is 5.92 Å². The Morgan fingerprint density at radius 3 is 2.40 bits per heavy atom. The van der Waals surface area contributed by atoms with Gasteiger partial charge in [0, 0.05) is 11.7 Å². The fourth-order valence-corrected chi connectivity index (χ4v) is 2.87. The van der Waals surface area contributed by atoms with E-state index in [9.17, 15) is 4.79 Å². The molecule has 0 aliphatic heterocycles.